The van der Waals surface area contributed by atoms with Crippen LogP contribution in [0.3, 0.4) is 0 Å². The quantitative estimate of drug-likeness (QED) is 0.249. The molecule has 14 heteroatoms. The largest absolute Gasteiger partial charge is 1.00 e. The molecule has 0 saturated carbocycles. The van der Waals surface area contributed by atoms with Crippen LogP contribution in [-0.2, 0) is 19.2 Å². The minimum atomic E-state index is -1.23. The fourth-order valence-corrected chi connectivity index (χ4v) is 1.48. The average Bonchev–Trinajstić information content (AvgIpc) is 2.22. The van der Waals surface area contributed by atoms with Gasteiger partial charge in [-0.25, -0.2) is 0 Å². The second-order valence-corrected chi connectivity index (χ2v) is 4.00. The Morgan fingerprint density at radius 2 is 0.792 bits per heavy atom. The van der Waals surface area contributed by atoms with Gasteiger partial charge in [0.05, 0.1) is 26.2 Å². The number of rotatable bonds is 11. The van der Waals surface area contributed by atoms with E-state index in [0.29, 0.717) is 0 Å². The van der Waals surface area contributed by atoms with E-state index in [1.807, 2.05) is 0 Å². The molecule has 134 valence electrons. The van der Waals surface area contributed by atoms with E-state index in [1.54, 1.807) is 0 Å². The summed E-state index contributed by atoms with van der Waals surface area (Å²) in [5.41, 5.74) is 0. The number of carboxylic acid groups (broad SMARTS) is 4. The molecule has 0 spiro atoms. The van der Waals surface area contributed by atoms with E-state index in [0.717, 1.165) is 9.80 Å². The van der Waals surface area contributed by atoms with Crippen LogP contribution in [0.15, 0.2) is 0 Å². The molecule has 0 fully saturated rings. The summed E-state index contributed by atoms with van der Waals surface area (Å²) in [4.78, 5) is 44.4. The van der Waals surface area contributed by atoms with Crippen molar-refractivity contribution in [3.63, 3.8) is 0 Å². The molecular formula is C10H24N2Na2O10+2. The van der Waals surface area contributed by atoms with Crippen LogP contribution in [0, 0.1) is 0 Å². The zero-order chi connectivity index (χ0) is 15.7. The first-order valence-corrected chi connectivity index (χ1v) is 5.52. The molecule has 0 unspecified atom stereocenters. The first-order valence-electron chi connectivity index (χ1n) is 5.52. The van der Waals surface area contributed by atoms with E-state index in [2.05, 4.69) is 0 Å². The molecule has 0 rings (SSSR count). The summed E-state index contributed by atoms with van der Waals surface area (Å²) in [7, 11) is 0. The molecule has 0 radical (unpaired) electrons. The van der Waals surface area contributed by atoms with Crippen molar-refractivity contribution < 1.29 is 115 Å². The Hall–Kier alpha value is -0.280. The number of hydrogen-bond acceptors (Lipinski definition) is 6. The van der Waals surface area contributed by atoms with Gasteiger partial charge in [0, 0.05) is 13.1 Å². The Bertz CT molecular complexity index is 344. The molecule has 12 nitrogen and oxygen atoms in total. The zero-order valence-electron chi connectivity index (χ0n) is 17.6. The molecule has 0 saturated heterocycles. The topological polar surface area (TPSA) is 219 Å². The molecule has 0 aromatic heterocycles. The molecule has 0 aliphatic rings. The molecule has 0 amide bonds. The number of carbonyl (C=O) groups is 4. The van der Waals surface area contributed by atoms with Gasteiger partial charge < -0.3 is 34.2 Å². The predicted molar refractivity (Wildman–Crippen MR) is 75.1 cm³/mol. The van der Waals surface area contributed by atoms with Gasteiger partial charge >= 0.3 is 85.8 Å². The van der Waals surface area contributed by atoms with Crippen molar-refractivity contribution in [3.05, 3.63) is 0 Å². The Labute approximate surface area is 187 Å². The monoisotopic (exact) mass is 378 g/mol. The van der Waals surface area contributed by atoms with E-state index in [4.69, 9.17) is 20.4 Å². The number of carboxylic acids is 4. The van der Waals surface area contributed by atoms with Crippen molar-refractivity contribution in [1.29, 1.82) is 0 Å². The van der Waals surface area contributed by atoms with E-state index in [9.17, 15) is 19.2 Å². The average molecular weight is 378 g/mol. The first kappa shape index (κ1) is 34.9. The Morgan fingerprint density at radius 3 is 0.917 bits per heavy atom. The van der Waals surface area contributed by atoms with Crippen LogP contribution in [0.25, 0.3) is 0 Å². The van der Waals surface area contributed by atoms with Crippen LogP contribution in [0.4, 0.5) is 0 Å². The molecule has 0 bridgehead atoms. The van der Waals surface area contributed by atoms with E-state index < -0.39 is 50.1 Å². The summed E-state index contributed by atoms with van der Waals surface area (Å²) < 4.78 is 0. The third-order valence-electron chi connectivity index (χ3n) is 2.17. The summed E-state index contributed by atoms with van der Waals surface area (Å²) in [5, 5.41) is 34.5. The van der Waals surface area contributed by atoms with Crippen molar-refractivity contribution in [2.45, 2.75) is 0 Å². The van der Waals surface area contributed by atoms with Gasteiger partial charge in [-0.15, -0.1) is 0 Å². The summed E-state index contributed by atoms with van der Waals surface area (Å²) in [6.07, 6.45) is 0. The zero-order valence-corrected chi connectivity index (χ0v) is 17.6. The van der Waals surface area contributed by atoms with Crippen LogP contribution in [0.1, 0.15) is 5.71 Å². The van der Waals surface area contributed by atoms with Crippen molar-refractivity contribution >= 4 is 23.9 Å². The normalized spacial score (nSPS) is 8.92. The van der Waals surface area contributed by atoms with Crippen LogP contribution in [0.5, 0.6) is 0 Å². The SMILES string of the molecule is O.O.O=C(O)CN(CCN(CC(=O)O)CC(=O)O)CC(=O)O.[H+].[H+].[H-].[H-].[Na+].[Na+]. The second kappa shape index (κ2) is 19.1. The fraction of sp³-hybridized carbons (Fsp3) is 0.600. The van der Waals surface area contributed by atoms with Crippen LogP contribution < -0.4 is 59.1 Å². The van der Waals surface area contributed by atoms with Gasteiger partial charge in [0.15, 0.2) is 0 Å². The molecule has 0 aliphatic carbocycles. The van der Waals surface area contributed by atoms with Crippen molar-refractivity contribution in [3.8, 4) is 0 Å². The van der Waals surface area contributed by atoms with Gasteiger partial charge in [-0.05, 0) is 0 Å². The minimum Gasteiger partial charge on any atom is -1.00 e. The summed E-state index contributed by atoms with van der Waals surface area (Å²) in [5.74, 6) is -4.91. The number of nitrogens with zero attached hydrogens (tertiary/aromatic N) is 2. The fourth-order valence-electron chi connectivity index (χ4n) is 1.48. The third kappa shape index (κ3) is 21.7. The molecule has 0 aromatic carbocycles. The van der Waals surface area contributed by atoms with Crippen LogP contribution >= 0.6 is 0 Å². The Balaban J connectivity index is -0.0000000645. The van der Waals surface area contributed by atoms with Crippen LogP contribution in [0.2, 0.25) is 0 Å². The maximum Gasteiger partial charge on any atom is 1.00 e. The first-order chi connectivity index (χ1) is 9.20. The van der Waals surface area contributed by atoms with Crippen molar-refractivity contribution in [2.24, 2.45) is 0 Å². The molecule has 0 aliphatic heterocycles. The summed E-state index contributed by atoms with van der Waals surface area (Å²) >= 11 is 0. The van der Waals surface area contributed by atoms with Gasteiger partial charge in [-0.2, -0.15) is 0 Å². The maximum absolute atomic E-state index is 10.6. The van der Waals surface area contributed by atoms with Gasteiger partial charge in [0.1, 0.15) is 0 Å². The van der Waals surface area contributed by atoms with Gasteiger partial charge in [0.2, 0.25) is 0 Å². The second-order valence-electron chi connectivity index (χ2n) is 4.00. The molecule has 0 atom stereocenters. The molecule has 24 heavy (non-hydrogen) atoms. The standard InChI is InChI=1S/C10H16N2O8.2Na.2H2O.2H/c13-7(14)3-11(4-8(15)16)1-2-12(5-9(17)18)6-10(19)20;;;;;;/h1-6H2,(H,13,14)(H,15,16)(H,17,18)(H,19,20);;;2*1H2;;/q;2*+1;;;2*-1/p+2. The van der Waals surface area contributed by atoms with Gasteiger partial charge in [0.25, 0.3) is 0 Å². The van der Waals surface area contributed by atoms with Crippen LogP contribution in [-0.4, -0.2) is 104 Å². The Kier molecular flexibility index (Phi) is 27.7. The Morgan fingerprint density at radius 1 is 0.625 bits per heavy atom. The van der Waals surface area contributed by atoms with Crippen molar-refractivity contribution in [1.82, 2.24) is 9.80 Å². The molecular weight excluding hydrogens is 354 g/mol. The van der Waals surface area contributed by atoms with Crippen molar-refractivity contribution in [2.75, 3.05) is 39.3 Å². The third-order valence-corrected chi connectivity index (χ3v) is 2.17. The van der Waals surface area contributed by atoms with E-state index in [-0.39, 0.29) is 88.9 Å². The van der Waals surface area contributed by atoms with Gasteiger partial charge in [-0.3, -0.25) is 29.0 Å². The minimum absolute atomic E-state index is 0. The maximum atomic E-state index is 10.6. The summed E-state index contributed by atoms with van der Waals surface area (Å²) in [6.45, 7) is -2.25. The summed E-state index contributed by atoms with van der Waals surface area (Å²) in [6, 6.07) is 0. The van der Waals surface area contributed by atoms with E-state index >= 15 is 0 Å². The smallest absolute Gasteiger partial charge is 1.00 e. The van der Waals surface area contributed by atoms with Gasteiger partial charge in [-0.1, -0.05) is 0 Å². The molecule has 0 aromatic rings. The molecule has 8 N–H and O–H groups in total. The molecule has 0 heterocycles. The number of hydrogen-bond donors (Lipinski definition) is 4. The van der Waals surface area contributed by atoms with E-state index in [1.165, 1.54) is 0 Å². The number of aliphatic carboxylic acids is 4. The predicted octanol–water partition coefficient (Wildman–Crippen LogP) is -9.26.